The first-order valence-electron chi connectivity index (χ1n) is 10.3. The van der Waals surface area contributed by atoms with Gasteiger partial charge in [0.25, 0.3) is 11.8 Å². The molecule has 29 heavy (non-hydrogen) atoms. The van der Waals surface area contributed by atoms with Gasteiger partial charge in [-0.05, 0) is 31.6 Å². The van der Waals surface area contributed by atoms with Gasteiger partial charge in [-0.1, -0.05) is 33.1 Å². The van der Waals surface area contributed by atoms with Crippen molar-refractivity contribution in [2.45, 2.75) is 78.3 Å². The summed E-state index contributed by atoms with van der Waals surface area (Å²) in [6.07, 6.45) is 3.76. The maximum Gasteiger partial charge on any atom is 0.354 e. The van der Waals surface area contributed by atoms with Crippen LogP contribution in [0.1, 0.15) is 66.2 Å². The minimum atomic E-state index is -1.08. The highest BCUT2D eigenvalue weighted by Crippen LogP contribution is 2.36. The van der Waals surface area contributed by atoms with Gasteiger partial charge in [0.2, 0.25) is 11.8 Å². The smallest absolute Gasteiger partial charge is 0.345 e. The number of hydrogen-bond donors (Lipinski definition) is 2. The summed E-state index contributed by atoms with van der Waals surface area (Å²) >= 11 is 0. The summed E-state index contributed by atoms with van der Waals surface area (Å²) in [6.45, 7) is 7.23. The Morgan fingerprint density at radius 1 is 1.00 bits per heavy atom. The Bertz CT molecular complexity index is 653. The van der Waals surface area contributed by atoms with E-state index in [0.29, 0.717) is 29.2 Å². The molecule has 9 nitrogen and oxygen atoms in total. The Morgan fingerprint density at radius 3 is 2.10 bits per heavy atom. The SMILES string of the molecule is CC([15NH][13C](=O)CC1C(C)CCCC1C)C(=O)[15NH]C(C)C(=O)ON1C(=O)CCC1=O. The number of imide groups is 1. The van der Waals surface area contributed by atoms with Gasteiger partial charge in [-0.15, -0.1) is 5.06 Å². The molecule has 2 rings (SSSR count). The summed E-state index contributed by atoms with van der Waals surface area (Å²) < 4.78 is 0. The number of rotatable bonds is 7. The second-order valence-electron chi connectivity index (χ2n) is 8.27. The van der Waals surface area contributed by atoms with Gasteiger partial charge >= 0.3 is 5.97 Å². The van der Waals surface area contributed by atoms with Crippen molar-refractivity contribution in [3.05, 3.63) is 0 Å². The predicted octanol–water partition coefficient (Wildman–Crippen LogP) is 1.07. The van der Waals surface area contributed by atoms with E-state index in [9.17, 15) is 24.0 Å². The molecule has 4 amide bonds. The average molecular weight is 412 g/mol. The second kappa shape index (κ2) is 9.84. The van der Waals surface area contributed by atoms with Crippen LogP contribution in [0.3, 0.4) is 0 Å². The van der Waals surface area contributed by atoms with Crippen LogP contribution in [-0.2, 0) is 28.8 Å². The molecule has 1 aliphatic carbocycles. The van der Waals surface area contributed by atoms with Crippen molar-refractivity contribution in [2.75, 3.05) is 0 Å². The first-order valence-corrected chi connectivity index (χ1v) is 10.3. The summed E-state index contributed by atoms with van der Waals surface area (Å²) in [7, 11) is 0. The molecule has 0 radical (unpaired) electrons. The fourth-order valence-electron chi connectivity index (χ4n) is 3.96. The molecular formula is C20H31N3O6. The molecule has 1 saturated heterocycles. The molecule has 1 aliphatic heterocycles. The van der Waals surface area contributed by atoms with Gasteiger partial charge < -0.3 is 15.5 Å². The highest BCUT2D eigenvalue weighted by molar-refractivity contribution is 6.02. The molecule has 2 N–H and O–H groups in total. The largest absolute Gasteiger partial charge is 0.354 e. The Labute approximate surface area is 170 Å². The molecule has 0 aromatic heterocycles. The van der Waals surface area contributed by atoms with Crippen LogP contribution in [-0.4, -0.2) is 46.7 Å². The van der Waals surface area contributed by atoms with Crippen molar-refractivity contribution in [1.82, 2.24) is 15.7 Å². The van der Waals surface area contributed by atoms with E-state index in [1.54, 1.807) is 0 Å². The number of hydrogen-bond acceptors (Lipinski definition) is 6. The molecule has 2 aliphatic rings. The molecule has 0 bridgehead atoms. The van der Waals surface area contributed by atoms with Crippen LogP contribution in [0.5, 0.6) is 0 Å². The standard InChI is InChI=1S/C20H31N3O6/c1-11-6-5-7-12(2)15(11)10-16(24)21-13(3)19(27)22-14(4)20(28)29-23-17(25)8-9-18(23)26/h11-15H,5-10H2,1-4H3,(H,21,24)(H,22,27)/i16+1,21+1,22+1. The number of carbonyl (C=O) groups excluding carboxylic acids is 5. The first-order chi connectivity index (χ1) is 13.6. The molecule has 1 saturated carbocycles. The van der Waals surface area contributed by atoms with Crippen molar-refractivity contribution in [3.63, 3.8) is 0 Å². The van der Waals surface area contributed by atoms with Gasteiger partial charge in [-0.3, -0.25) is 19.2 Å². The number of nitrogens with zero attached hydrogens (tertiary/aromatic N) is 1. The van der Waals surface area contributed by atoms with Crippen LogP contribution in [0, 0.1) is 17.8 Å². The van der Waals surface area contributed by atoms with E-state index in [-0.39, 0.29) is 18.7 Å². The molecule has 0 aromatic carbocycles. The molecule has 2 fully saturated rings. The van der Waals surface area contributed by atoms with E-state index in [1.807, 2.05) is 0 Å². The van der Waals surface area contributed by atoms with Crippen molar-refractivity contribution in [1.29, 1.82) is 0 Å². The Morgan fingerprint density at radius 2 is 1.55 bits per heavy atom. The third-order valence-electron chi connectivity index (χ3n) is 5.87. The summed E-state index contributed by atoms with van der Waals surface area (Å²) in [5.41, 5.74) is 0. The van der Waals surface area contributed by atoms with Crippen LogP contribution in [0.2, 0.25) is 0 Å². The van der Waals surface area contributed by atoms with Crippen LogP contribution < -0.4 is 10.6 Å². The third-order valence-corrected chi connectivity index (χ3v) is 5.87. The first kappa shape index (κ1) is 22.8. The Kier molecular flexibility index (Phi) is 7.75. The topological polar surface area (TPSA) is 122 Å². The van der Waals surface area contributed by atoms with Gasteiger partial charge in [-0.25, -0.2) is 4.79 Å². The number of amides is 4. The second-order valence-corrected chi connectivity index (χ2v) is 8.27. The monoisotopic (exact) mass is 412 g/mol. The maximum atomic E-state index is 12.4. The van der Waals surface area contributed by atoms with E-state index in [4.69, 9.17) is 4.84 Å². The van der Waals surface area contributed by atoms with E-state index in [1.165, 1.54) is 20.3 Å². The highest BCUT2D eigenvalue weighted by atomic mass is 16.7. The lowest BCUT2D eigenvalue weighted by molar-refractivity contribution is -0.198. The molecule has 4 unspecified atom stereocenters. The van der Waals surface area contributed by atoms with E-state index in [2.05, 4.69) is 24.5 Å². The molecule has 4 atom stereocenters. The predicted molar refractivity (Wildman–Crippen MR) is 103 cm³/mol. The van der Waals surface area contributed by atoms with Crippen LogP contribution in [0.25, 0.3) is 0 Å². The van der Waals surface area contributed by atoms with E-state index >= 15 is 0 Å². The zero-order chi connectivity index (χ0) is 21.7. The van der Waals surface area contributed by atoms with Gasteiger partial charge in [-0.2, -0.15) is 0 Å². The normalized spacial score (nSPS) is 26.6. The van der Waals surface area contributed by atoms with Crippen molar-refractivity contribution in [3.8, 4) is 0 Å². The summed E-state index contributed by atoms with van der Waals surface area (Å²) in [5.74, 6) is -1.61. The fraction of sp³-hybridized carbons (Fsp3) is 0.750. The molecule has 9 heteroatoms. The lowest BCUT2D eigenvalue weighted by Gasteiger charge is -2.34. The van der Waals surface area contributed by atoms with Crippen molar-refractivity contribution < 1.29 is 28.8 Å². The minimum Gasteiger partial charge on any atom is -0.345 e. The van der Waals surface area contributed by atoms with Gasteiger partial charge in [0, 0.05) is 19.3 Å². The molecule has 1 heterocycles. The molecular weight excluding hydrogens is 381 g/mol. The van der Waals surface area contributed by atoms with Gasteiger partial charge in [0.15, 0.2) is 0 Å². The van der Waals surface area contributed by atoms with Crippen LogP contribution >= 0.6 is 0 Å². The van der Waals surface area contributed by atoms with Crippen molar-refractivity contribution in [2.24, 2.45) is 17.8 Å². The molecule has 0 aromatic rings. The van der Waals surface area contributed by atoms with Crippen molar-refractivity contribution >= 4 is 29.6 Å². The van der Waals surface area contributed by atoms with Crippen LogP contribution in [0.15, 0.2) is 0 Å². The number of hydroxylamine groups is 2. The quantitative estimate of drug-likeness (QED) is 0.366. The Balaban J connectivity index is 1.80. The molecule has 162 valence electrons. The highest BCUT2D eigenvalue weighted by Gasteiger charge is 2.35. The average Bonchev–Trinajstić information content (AvgIpc) is 2.96. The van der Waals surface area contributed by atoms with Gasteiger partial charge in [0.05, 0.1) is 0 Å². The minimum absolute atomic E-state index is 0.00581. The van der Waals surface area contributed by atoms with Crippen LogP contribution in [0.4, 0.5) is 0 Å². The maximum absolute atomic E-state index is 12.4. The third kappa shape index (κ3) is 6.01. The number of carbonyl (C=O) groups is 5. The van der Waals surface area contributed by atoms with Gasteiger partial charge in [0.1, 0.15) is 12.1 Å². The summed E-state index contributed by atoms with van der Waals surface area (Å²) in [4.78, 5) is 64.5. The number of nitrogens with one attached hydrogen (secondary N) is 2. The van der Waals surface area contributed by atoms with E-state index < -0.39 is 35.8 Å². The molecule has 0 spiro atoms. The zero-order valence-electron chi connectivity index (χ0n) is 17.5. The van der Waals surface area contributed by atoms with E-state index in [0.717, 1.165) is 12.8 Å². The fourth-order valence-corrected chi connectivity index (χ4v) is 3.96. The summed E-state index contributed by atoms with van der Waals surface area (Å²) in [5, 5.41) is 5.54. The zero-order valence-corrected chi connectivity index (χ0v) is 17.5. The Hall–Kier alpha value is -2.45. The lowest BCUT2D eigenvalue weighted by atomic mass is 9.73. The lowest BCUT2D eigenvalue weighted by Crippen LogP contribution is -2.51. The summed E-state index contributed by atoms with van der Waals surface area (Å²) in [6, 6.07) is -1.91.